The molecule has 2 fully saturated rings. The molecule has 3 unspecified atom stereocenters. The zero-order chi connectivity index (χ0) is 23.0. The molecule has 5 heterocycles. The van der Waals surface area contributed by atoms with Crippen molar-refractivity contribution in [2.45, 2.75) is 58.0 Å². The monoisotopic (exact) mass is 467 g/mol. The first-order chi connectivity index (χ1) is 15.8. The molecule has 0 radical (unpaired) electrons. The molecule has 33 heavy (non-hydrogen) atoms. The fourth-order valence-corrected chi connectivity index (χ4v) is 8.04. The van der Waals surface area contributed by atoms with E-state index in [1.54, 1.807) is 0 Å². The number of hydrogen-bond acceptors (Lipinski definition) is 6. The minimum absolute atomic E-state index is 0.00317. The van der Waals surface area contributed by atoms with Gasteiger partial charge in [0.25, 0.3) is 5.91 Å². The molecule has 0 bridgehead atoms. The maximum atomic E-state index is 14.1. The van der Waals surface area contributed by atoms with Crippen molar-refractivity contribution >= 4 is 27.3 Å². The van der Waals surface area contributed by atoms with E-state index in [9.17, 15) is 13.2 Å². The van der Waals surface area contributed by atoms with Crippen LogP contribution >= 0.6 is 0 Å². The van der Waals surface area contributed by atoms with E-state index in [4.69, 9.17) is 10.2 Å². The molecule has 2 aromatic rings. The summed E-state index contributed by atoms with van der Waals surface area (Å²) in [4.78, 5) is 16.5. The lowest BCUT2D eigenvalue weighted by atomic mass is 9.66. The average molecular weight is 468 g/mol. The van der Waals surface area contributed by atoms with Gasteiger partial charge in [0.1, 0.15) is 11.2 Å². The van der Waals surface area contributed by atoms with Crippen LogP contribution < -0.4 is 4.90 Å². The van der Waals surface area contributed by atoms with Crippen LogP contribution in [0.1, 0.15) is 43.9 Å². The quantitative estimate of drug-likeness (QED) is 0.677. The van der Waals surface area contributed by atoms with Gasteiger partial charge in [-0.25, -0.2) is 18.1 Å². The fourth-order valence-electron chi connectivity index (χ4n) is 6.35. The summed E-state index contributed by atoms with van der Waals surface area (Å²) in [5.74, 6) is 1.20. The third-order valence-electron chi connectivity index (χ3n) is 8.00. The van der Waals surface area contributed by atoms with Crippen LogP contribution in [0.4, 0.5) is 5.82 Å². The van der Waals surface area contributed by atoms with Gasteiger partial charge in [-0.2, -0.15) is 10.2 Å². The highest BCUT2D eigenvalue weighted by Crippen LogP contribution is 2.51. The number of fused-ring (bicyclic) bond motifs is 4. The molecule has 1 aromatic carbocycles. The molecule has 9 heteroatoms. The van der Waals surface area contributed by atoms with E-state index < -0.39 is 15.3 Å². The van der Waals surface area contributed by atoms with Crippen molar-refractivity contribution in [3.05, 3.63) is 41.6 Å². The number of aryl methyl sites for hydroxylation is 1. The second kappa shape index (κ2) is 7.16. The highest BCUT2D eigenvalue weighted by atomic mass is 32.2. The number of hydrogen-bond donors (Lipinski definition) is 0. The average Bonchev–Trinajstić information content (AvgIpc) is 3.42. The Morgan fingerprint density at radius 2 is 1.88 bits per heavy atom. The zero-order valence-electron chi connectivity index (χ0n) is 19.1. The lowest BCUT2D eigenvalue weighted by Crippen LogP contribution is -2.62. The predicted molar refractivity (Wildman–Crippen MR) is 126 cm³/mol. The topological polar surface area (TPSA) is 87.9 Å². The van der Waals surface area contributed by atoms with Crippen molar-refractivity contribution < 1.29 is 13.2 Å². The molecule has 2 saturated heterocycles. The van der Waals surface area contributed by atoms with Crippen molar-refractivity contribution in [3.8, 4) is 5.69 Å². The number of benzene rings is 1. The summed E-state index contributed by atoms with van der Waals surface area (Å²) < 4.78 is 26.3. The summed E-state index contributed by atoms with van der Waals surface area (Å²) in [5, 5.41) is 11.2. The van der Waals surface area contributed by atoms with Crippen LogP contribution in [0.3, 0.4) is 0 Å². The van der Waals surface area contributed by atoms with Gasteiger partial charge in [-0.15, -0.1) is 0 Å². The number of piperidine rings is 1. The lowest BCUT2D eigenvalue weighted by molar-refractivity contribution is -0.139. The molecule has 0 N–H and O–H groups in total. The van der Waals surface area contributed by atoms with Crippen LogP contribution in [0.5, 0.6) is 0 Å². The van der Waals surface area contributed by atoms with Gasteiger partial charge in [0.05, 0.1) is 40.7 Å². The van der Waals surface area contributed by atoms with Crippen LogP contribution in [0.2, 0.25) is 0 Å². The van der Waals surface area contributed by atoms with Gasteiger partial charge in [-0.3, -0.25) is 4.79 Å². The molecule has 6 rings (SSSR count). The molecule has 8 nitrogen and oxygen atoms in total. The number of hydrazone groups is 1. The highest BCUT2D eigenvalue weighted by Gasteiger charge is 2.61. The lowest BCUT2D eigenvalue weighted by Gasteiger charge is -2.50. The number of rotatable bonds is 2. The molecule has 0 aliphatic carbocycles. The van der Waals surface area contributed by atoms with Crippen molar-refractivity contribution in [1.82, 2.24) is 14.8 Å². The van der Waals surface area contributed by atoms with Gasteiger partial charge in [0, 0.05) is 12.1 Å². The highest BCUT2D eigenvalue weighted by molar-refractivity contribution is 7.91. The van der Waals surface area contributed by atoms with E-state index in [2.05, 4.69) is 17.0 Å². The molecule has 3 atom stereocenters. The number of nitrogens with zero attached hydrogens (tertiary/aromatic N) is 5. The van der Waals surface area contributed by atoms with E-state index in [1.807, 2.05) is 36.7 Å². The van der Waals surface area contributed by atoms with E-state index in [-0.39, 0.29) is 29.5 Å². The third-order valence-corrected chi connectivity index (χ3v) is 9.76. The van der Waals surface area contributed by atoms with Crippen molar-refractivity contribution in [2.75, 3.05) is 23.0 Å². The van der Waals surface area contributed by atoms with E-state index in [0.29, 0.717) is 12.8 Å². The molecule has 1 amide bonds. The first-order valence-corrected chi connectivity index (χ1v) is 13.6. The number of aromatic nitrogens is 2. The molecular weight excluding hydrogens is 438 g/mol. The summed E-state index contributed by atoms with van der Waals surface area (Å²) in [6.45, 7) is 4.84. The Labute approximate surface area is 194 Å². The zero-order valence-corrected chi connectivity index (χ0v) is 19.9. The number of carbonyl (C=O) groups is 1. The minimum Gasteiger partial charge on any atom is -0.352 e. The van der Waals surface area contributed by atoms with Crippen LogP contribution in [0.25, 0.3) is 5.69 Å². The SMILES string of the molecule is CC1=NN(C2CCS(=O)(=O)C2)C(=O)C12Cc1c(C)nn(-c3ccccc3)c1N1CCCCC12. The van der Waals surface area contributed by atoms with E-state index in [1.165, 1.54) is 5.01 Å². The Morgan fingerprint density at radius 3 is 2.61 bits per heavy atom. The standard InChI is InChI=1S/C24H29N5O3S/c1-16-20-14-24(17(2)26-29(23(24)30)19-11-13-33(31,32)15-19)21-10-6-7-12-27(21)22(20)28(25-16)18-8-4-3-5-9-18/h3-5,8-9,19,21H,6-7,10-15H2,1-2H3. The molecule has 4 aliphatic heterocycles. The molecule has 174 valence electrons. The van der Waals surface area contributed by atoms with Gasteiger partial charge in [-0.05, 0) is 58.1 Å². The molecule has 1 aromatic heterocycles. The Balaban J connectivity index is 1.47. The van der Waals surface area contributed by atoms with Crippen LogP contribution in [0, 0.1) is 12.3 Å². The number of sulfone groups is 1. The first-order valence-electron chi connectivity index (χ1n) is 11.8. The molecule has 4 aliphatic rings. The van der Waals surface area contributed by atoms with Gasteiger partial charge < -0.3 is 4.90 Å². The molecule has 1 spiro atoms. The third kappa shape index (κ3) is 2.94. The Morgan fingerprint density at radius 1 is 1.09 bits per heavy atom. The Bertz CT molecular complexity index is 1270. The first kappa shape index (κ1) is 20.9. The van der Waals surface area contributed by atoms with Gasteiger partial charge in [0.2, 0.25) is 0 Å². The summed E-state index contributed by atoms with van der Waals surface area (Å²) in [5.41, 5.74) is 3.10. The Hall–Kier alpha value is -2.68. The van der Waals surface area contributed by atoms with Crippen molar-refractivity contribution in [2.24, 2.45) is 10.5 Å². The summed E-state index contributed by atoms with van der Waals surface area (Å²) >= 11 is 0. The maximum absolute atomic E-state index is 14.1. The molecular formula is C24H29N5O3S. The number of carbonyl (C=O) groups excluding carboxylic acids is 1. The second-order valence-corrected chi connectivity index (χ2v) is 12.1. The fraction of sp³-hybridized carbons (Fsp3) is 0.542. The second-order valence-electron chi connectivity index (χ2n) is 9.88. The Kier molecular flexibility index (Phi) is 4.53. The van der Waals surface area contributed by atoms with Gasteiger partial charge >= 0.3 is 0 Å². The van der Waals surface area contributed by atoms with Crippen LogP contribution in [-0.4, -0.2) is 65.0 Å². The smallest absolute Gasteiger partial charge is 0.257 e. The minimum atomic E-state index is -3.11. The van der Waals surface area contributed by atoms with E-state index in [0.717, 1.165) is 54.3 Å². The number of anilines is 1. The summed E-state index contributed by atoms with van der Waals surface area (Å²) in [6.07, 6.45) is 4.07. The molecule has 0 saturated carbocycles. The van der Waals surface area contributed by atoms with E-state index >= 15 is 0 Å². The predicted octanol–water partition coefficient (Wildman–Crippen LogP) is 2.49. The van der Waals surface area contributed by atoms with Gasteiger partial charge in [-0.1, -0.05) is 18.2 Å². The summed E-state index contributed by atoms with van der Waals surface area (Å²) in [7, 11) is -3.11. The van der Waals surface area contributed by atoms with Crippen molar-refractivity contribution in [1.29, 1.82) is 0 Å². The van der Waals surface area contributed by atoms with Crippen LogP contribution in [0.15, 0.2) is 35.4 Å². The van der Waals surface area contributed by atoms with Crippen molar-refractivity contribution in [3.63, 3.8) is 0 Å². The summed E-state index contributed by atoms with van der Waals surface area (Å²) in [6, 6.07) is 9.79. The number of para-hydroxylation sites is 1. The largest absolute Gasteiger partial charge is 0.352 e. The van der Waals surface area contributed by atoms with Crippen LogP contribution in [-0.2, 0) is 21.1 Å². The normalized spacial score (nSPS) is 30.5. The van der Waals surface area contributed by atoms with Gasteiger partial charge in [0.15, 0.2) is 9.84 Å². The maximum Gasteiger partial charge on any atom is 0.257 e. The number of amides is 1.